The second-order valence-corrected chi connectivity index (χ2v) is 20.6. The molecule has 2 heteroatoms. The van der Waals surface area contributed by atoms with Crippen molar-refractivity contribution in [3.8, 4) is 50.2 Å². The number of hydrogen-bond acceptors (Lipinski definition) is 1. The van der Waals surface area contributed by atoms with E-state index in [0.717, 1.165) is 42.0 Å². The molecule has 1 saturated carbocycles. The molecule has 0 N–H and O–H groups in total. The number of fused-ring (bicyclic) bond motifs is 6. The van der Waals surface area contributed by atoms with Gasteiger partial charge in [-0.3, -0.25) is 0 Å². The third kappa shape index (κ3) is 6.70. The fraction of sp³-hybridized carbons (Fsp3) is 0.114. The molecule has 0 spiro atoms. The van der Waals surface area contributed by atoms with Crippen molar-refractivity contribution in [1.82, 2.24) is 4.57 Å². The molecule has 1 fully saturated rings. The van der Waals surface area contributed by atoms with Gasteiger partial charge in [-0.25, -0.2) is 0 Å². The van der Waals surface area contributed by atoms with Gasteiger partial charge in [0.25, 0.3) is 0 Å². The molecule has 0 amide bonds. The zero-order chi connectivity index (χ0) is 48.6. The van der Waals surface area contributed by atoms with Gasteiger partial charge in [0.2, 0.25) is 0 Å². The summed E-state index contributed by atoms with van der Waals surface area (Å²) in [5.74, 6) is 0. The third-order valence-corrected chi connectivity index (χ3v) is 16.7. The molecule has 2 atom stereocenters. The van der Waals surface area contributed by atoms with Gasteiger partial charge in [-0.1, -0.05) is 184 Å². The molecule has 0 bridgehead atoms. The highest BCUT2D eigenvalue weighted by Gasteiger charge is 2.76. The van der Waals surface area contributed by atoms with Crippen LogP contribution in [0.5, 0.6) is 0 Å². The molecule has 2 nitrogen and oxygen atoms in total. The Morgan fingerprint density at radius 3 is 1.64 bits per heavy atom. The number of aromatic nitrogens is 1. The van der Waals surface area contributed by atoms with Crippen LogP contribution < -0.4 is 4.90 Å². The smallest absolute Gasteiger partial charge is 0.0619 e. The van der Waals surface area contributed by atoms with E-state index in [0.29, 0.717) is 0 Å². The first kappa shape index (κ1) is 43.6. The van der Waals surface area contributed by atoms with Crippen LogP contribution in [0, 0.1) is 5.41 Å². The molecule has 3 aliphatic rings. The van der Waals surface area contributed by atoms with Gasteiger partial charge in [0, 0.05) is 55.3 Å². The summed E-state index contributed by atoms with van der Waals surface area (Å²) in [5, 5.41) is 2.46. The van der Waals surface area contributed by atoms with Crippen LogP contribution in [0.4, 0.5) is 17.1 Å². The zero-order valence-corrected chi connectivity index (χ0v) is 41.0. The molecule has 0 radical (unpaired) electrons. The average molecular weight is 925 g/mol. The summed E-state index contributed by atoms with van der Waals surface area (Å²) in [6, 6.07) is 78.6. The first-order valence-electron chi connectivity index (χ1n) is 25.5. The van der Waals surface area contributed by atoms with Crippen LogP contribution in [0.25, 0.3) is 77.6 Å². The fourth-order valence-corrected chi connectivity index (χ4v) is 12.7. The molecule has 2 unspecified atom stereocenters. The van der Waals surface area contributed by atoms with Gasteiger partial charge >= 0.3 is 0 Å². The van der Waals surface area contributed by atoms with Gasteiger partial charge in [0.05, 0.1) is 11.0 Å². The first-order valence-corrected chi connectivity index (χ1v) is 25.5. The maximum atomic E-state index is 4.37. The van der Waals surface area contributed by atoms with Crippen LogP contribution in [0.15, 0.2) is 256 Å². The molecule has 1 heterocycles. The quantitative estimate of drug-likeness (QED) is 0.117. The first-order chi connectivity index (χ1) is 35.3. The van der Waals surface area contributed by atoms with Crippen molar-refractivity contribution in [2.75, 3.05) is 4.90 Å². The maximum absolute atomic E-state index is 4.37. The van der Waals surface area contributed by atoms with Crippen molar-refractivity contribution < 1.29 is 0 Å². The van der Waals surface area contributed by atoms with E-state index in [1.165, 1.54) is 88.6 Å². The summed E-state index contributed by atoms with van der Waals surface area (Å²) in [5.41, 5.74) is 21.6. The monoisotopic (exact) mass is 924 g/mol. The molecule has 0 saturated heterocycles. The lowest BCUT2D eigenvalue weighted by Crippen LogP contribution is -2.27. The van der Waals surface area contributed by atoms with Crippen LogP contribution >= 0.6 is 0 Å². The molecular formula is C70H56N2. The van der Waals surface area contributed by atoms with Crippen molar-refractivity contribution in [1.29, 1.82) is 0 Å². The summed E-state index contributed by atoms with van der Waals surface area (Å²) in [6.07, 6.45) is 14.5. The maximum Gasteiger partial charge on any atom is 0.0619 e. The van der Waals surface area contributed by atoms with Crippen LogP contribution in [0.2, 0.25) is 0 Å². The van der Waals surface area contributed by atoms with Crippen LogP contribution in [0.3, 0.4) is 0 Å². The van der Waals surface area contributed by atoms with Crippen LogP contribution in [-0.4, -0.2) is 4.57 Å². The number of nitrogens with zero attached hydrogens (tertiary/aromatic N) is 2. The minimum absolute atomic E-state index is 0.0167. The van der Waals surface area contributed by atoms with Gasteiger partial charge in [-0.05, 0) is 153 Å². The molecule has 0 aliphatic heterocycles. The van der Waals surface area contributed by atoms with E-state index in [1.54, 1.807) is 0 Å². The standard InChI is InChI=1S/C70H56N2/c1-5-69-47-70(69,6-2)68(3,4)65-46-60(40-41-64(65)69)71(57-34-27-51(28-35-57)48-19-11-7-12-20-48)58-36-29-52(30-37-58)53-31-38-59(39-32-53)72-66-42-33-55(49-21-13-8-14-22-49)43-62(66)63-45-56(50-23-15-9-16-24-50)44-61(67(63)72)54-25-17-10-18-26-54/h5-6,8-11,13-46H,1-2,7,12,47H2,3-4H3. The average Bonchev–Trinajstić information content (AvgIpc) is 4.01. The largest absolute Gasteiger partial charge is 0.310 e. The van der Waals surface area contributed by atoms with Crippen LogP contribution in [0.1, 0.15) is 49.8 Å². The molecule has 72 heavy (non-hydrogen) atoms. The SMILES string of the molecule is C=CC12CC1(C=C)C(C)(C)c1cc(N(c3ccc(C4=CCCC=C4)cc3)c3ccc(-c4ccc(-n5c6ccc(-c7ccccc7)cc6c6cc(-c7ccccc7)cc(-c7ccccc7)c65)cc4)cc3)ccc12. The Hall–Kier alpha value is -8.46. The highest BCUT2D eigenvalue weighted by Crippen LogP contribution is 2.79. The van der Waals surface area contributed by atoms with Crippen molar-refractivity contribution in [3.05, 3.63) is 273 Å². The number of rotatable bonds is 11. The molecular weight excluding hydrogens is 869 g/mol. The second-order valence-electron chi connectivity index (χ2n) is 20.6. The Morgan fingerprint density at radius 1 is 0.472 bits per heavy atom. The number of allylic oxidation sites excluding steroid dienone is 6. The van der Waals surface area contributed by atoms with Crippen molar-refractivity contribution in [3.63, 3.8) is 0 Å². The predicted octanol–water partition coefficient (Wildman–Crippen LogP) is 18.9. The van der Waals surface area contributed by atoms with E-state index in [-0.39, 0.29) is 16.2 Å². The second kappa shape index (κ2) is 16.9. The van der Waals surface area contributed by atoms with Gasteiger partial charge < -0.3 is 9.47 Å². The highest BCUT2D eigenvalue weighted by atomic mass is 15.1. The fourth-order valence-electron chi connectivity index (χ4n) is 12.7. The minimum atomic E-state index is -0.0851. The topological polar surface area (TPSA) is 8.17 Å². The Morgan fingerprint density at radius 2 is 1.03 bits per heavy atom. The van der Waals surface area contributed by atoms with Gasteiger partial charge in [0.15, 0.2) is 0 Å². The highest BCUT2D eigenvalue weighted by molar-refractivity contribution is 6.16. The normalized spacial score (nSPS) is 18.3. The molecule has 1 aromatic heterocycles. The summed E-state index contributed by atoms with van der Waals surface area (Å²) in [7, 11) is 0. The lowest BCUT2D eigenvalue weighted by atomic mass is 9.73. The Balaban J connectivity index is 0.907. The summed E-state index contributed by atoms with van der Waals surface area (Å²) in [6.45, 7) is 13.5. The minimum Gasteiger partial charge on any atom is -0.310 e. The Kier molecular flexibility index (Phi) is 10.2. The van der Waals surface area contributed by atoms with E-state index in [2.05, 4.69) is 279 Å². The third-order valence-electron chi connectivity index (χ3n) is 16.7. The predicted molar refractivity (Wildman–Crippen MR) is 306 cm³/mol. The summed E-state index contributed by atoms with van der Waals surface area (Å²) in [4.78, 5) is 2.42. The van der Waals surface area contributed by atoms with Gasteiger partial charge in [0.1, 0.15) is 0 Å². The molecule has 10 aromatic rings. The van der Waals surface area contributed by atoms with E-state index in [4.69, 9.17) is 0 Å². The Bertz CT molecular complexity index is 3800. The van der Waals surface area contributed by atoms with Crippen molar-refractivity contribution in [2.24, 2.45) is 5.41 Å². The van der Waals surface area contributed by atoms with Gasteiger partial charge in [-0.2, -0.15) is 0 Å². The number of hydrogen-bond donors (Lipinski definition) is 0. The van der Waals surface area contributed by atoms with E-state index in [9.17, 15) is 0 Å². The van der Waals surface area contributed by atoms with E-state index >= 15 is 0 Å². The number of benzene rings is 9. The zero-order valence-electron chi connectivity index (χ0n) is 41.0. The molecule has 13 rings (SSSR count). The van der Waals surface area contributed by atoms with Crippen LogP contribution in [-0.2, 0) is 10.8 Å². The molecule has 3 aliphatic carbocycles. The molecule has 346 valence electrons. The van der Waals surface area contributed by atoms with Gasteiger partial charge in [-0.15, -0.1) is 13.2 Å². The van der Waals surface area contributed by atoms with Crippen molar-refractivity contribution >= 4 is 44.4 Å². The van der Waals surface area contributed by atoms with E-state index in [1.807, 2.05) is 0 Å². The Labute approximate surface area is 423 Å². The lowest BCUT2D eigenvalue weighted by molar-refractivity contribution is 0.362. The summed E-state index contributed by atoms with van der Waals surface area (Å²) < 4.78 is 2.48. The summed E-state index contributed by atoms with van der Waals surface area (Å²) >= 11 is 0. The van der Waals surface area contributed by atoms with Crippen molar-refractivity contribution in [2.45, 2.75) is 43.9 Å². The van der Waals surface area contributed by atoms with E-state index < -0.39 is 0 Å². The number of anilines is 3. The molecule has 9 aromatic carbocycles. The lowest BCUT2D eigenvalue weighted by Gasteiger charge is -2.32.